The second-order valence-corrected chi connectivity index (χ2v) is 4.68. The quantitative estimate of drug-likeness (QED) is 0.781. The molecule has 3 atom stereocenters. The van der Waals surface area contributed by atoms with Crippen LogP contribution in [0.25, 0.3) is 0 Å². The van der Waals surface area contributed by atoms with Gasteiger partial charge in [-0.1, -0.05) is 13.8 Å². The van der Waals surface area contributed by atoms with Crippen molar-refractivity contribution >= 4 is 5.91 Å². The van der Waals surface area contributed by atoms with Crippen LogP contribution in [0.5, 0.6) is 0 Å². The number of carbonyl (C=O) groups excluding carboxylic acids is 1. The van der Waals surface area contributed by atoms with Crippen molar-refractivity contribution in [1.82, 2.24) is 10.2 Å². The monoisotopic (exact) mass is 226 g/mol. The Morgan fingerprint density at radius 2 is 2.25 bits per heavy atom. The van der Waals surface area contributed by atoms with Crippen molar-refractivity contribution in [2.24, 2.45) is 0 Å². The lowest BCUT2D eigenvalue weighted by Gasteiger charge is -2.25. The zero-order chi connectivity index (χ0) is 11.5. The topological polar surface area (TPSA) is 41.6 Å². The molecule has 2 aliphatic heterocycles. The zero-order valence-electron chi connectivity index (χ0n) is 10.2. The Kier molecular flexibility index (Phi) is 3.82. The molecule has 4 nitrogen and oxygen atoms in total. The van der Waals surface area contributed by atoms with Gasteiger partial charge in [0.05, 0.1) is 18.3 Å². The van der Waals surface area contributed by atoms with E-state index in [1.807, 2.05) is 4.90 Å². The molecule has 2 aliphatic rings. The maximum Gasteiger partial charge on any atom is 0.241 e. The Labute approximate surface area is 97.3 Å². The van der Waals surface area contributed by atoms with Gasteiger partial charge in [0.2, 0.25) is 5.91 Å². The van der Waals surface area contributed by atoms with Crippen LogP contribution < -0.4 is 5.32 Å². The van der Waals surface area contributed by atoms with Crippen LogP contribution in [0.15, 0.2) is 0 Å². The Hall–Kier alpha value is -0.610. The first-order valence-corrected chi connectivity index (χ1v) is 6.44. The molecule has 2 heterocycles. The summed E-state index contributed by atoms with van der Waals surface area (Å²) in [6.07, 6.45) is 4.54. The Bertz CT molecular complexity index is 251. The molecule has 0 spiro atoms. The number of amides is 1. The minimum absolute atomic E-state index is 0.0198. The summed E-state index contributed by atoms with van der Waals surface area (Å²) in [5.74, 6) is 0.254. The number of ether oxygens (including phenoxy) is 1. The van der Waals surface area contributed by atoms with Gasteiger partial charge in [-0.15, -0.1) is 0 Å². The first-order chi connectivity index (χ1) is 7.76. The van der Waals surface area contributed by atoms with E-state index in [-0.39, 0.29) is 24.2 Å². The van der Waals surface area contributed by atoms with Crippen LogP contribution in [0.3, 0.4) is 0 Å². The molecule has 2 fully saturated rings. The largest absolute Gasteiger partial charge is 0.376 e. The third kappa shape index (κ3) is 2.23. The van der Waals surface area contributed by atoms with Gasteiger partial charge in [-0.3, -0.25) is 10.1 Å². The number of rotatable bonds is 4. The van der Waals surface area contributed by atoms with E-state index in [9.17, 15) is 4.79 Å². The van der Waals surface area contributed by atoms with Gasteiger partial charge in [0, 0.05) is 13.2 Å². The third-order valence-electron chi connectivity index (χ3n) is 3.57. The van der Waals surface area contributed by atoms with Crippen LogP contribution in [0, 0.1) is 0 Å². The van der Waals surface area contributed by atoms with Crippen LogP contribution in [0.1, 0.15) is 39.5 Å². The van der Waals surface area contributed by atoms with Gasteiger partial charge < -0.3 is 9.64 Å². The van der Waals surface area contributed by atoms with Crippen molar-refractivity contribution in [3.8, 4) is 0 Å². The molecular formula is C12H22N2O2. The first kappa shape index (κ1) is 11.9. The highest BCUT2D eigenvalue weighted by molar-refractivity contribution is 5.84. The second-order valence-electron chi connectivity index (χ2n) is 4.68. The summed E-state index contributed by atoms with van der Waals surface area (Å²) in [5.41, 5.74) is 0. The van der Waals surface area contributed by atoms with Crippen molar-refractivity contribution < 1.29 is 9.53 Å². The molecule has 1 N–H and O–H groups in total. The third-order valence-corrected chi connectivity index (χ3v) is 3.57. The molecule has 2 saturated heterocycles. The lowest BCUT2D eigenvalue weighted by molar-refractivity contribution is -0.131. The Morgan fingerprint density at radius 3 is 2.81 bits per heavy atom. The summed E-state index contributed by atoms with van der Waals surface area (Å²) in [5, 5.41) is 3.38. The molecule has 3 unspecified atom stereocenters. The molecule has 0 aromatic carbocycles. The van der Waals surface area contributed by atoms with Crippen LogP contribution in [0.4, 0.5) is 0 Å². The minimum Gasteiger partial charge on any atom is -0.376 e. The highest BCUT2D eigenvalue weighted by Crippen LogP contribution is 2.20. The van der Waals surface area contributed by atoms with E-state index in [0.29, 0.717) is 0 Å². The number of hydrogen-bond acceptors (Lipinski definition) is 3. The van der Waals surface area contributed by atoms with E-state index in [4.69, 9.17) is 4.74 Å². The molecule has 0 aromatic heterocycles. The SMILES string of the molecule is CCC1NC(CC)N(CC2CCCO2)C1=O. The molecule has 0 radical (unpaired) electrons. The van der Waals surface area contributed by atoms with Crippen LogP contribution >= 0.6 is 0 Å². The van der Waals surface area contributed by atoms with E-state index in [1.54, 1.807) is 0 Å². The van der Waals surface area contributed by atoms with E-state index < -0.39 is 0 Å². The summed E-state index contributed by atoms with van der Waals surface area (Å²) in [6, 6.07) is 0.0198. The highest BCUT2D eigenvalue weighted by Gasteiger charge is 2.38. The van der Waals surface area contributed by atoms with Crippen molar-refractivity contribution in [2.75, 3.05) is 13.2 Å². The molecule has 1 amide bonds. The predicted molar refractivity (Wildman–Crippen MR) is 62.0 cm³/mol. The molecule has 0 aromatic rings. The van der Waals surface area contributed by atoms with Gasteiger partial charge in [0.1, 0.15) is 0 Å². The molecule has 0 saturated carbocycles. The minimum atomic E-state index is 0.0198. The summed E-state index contributed by atoms with van der Waals surface area (Å²) in [7, 11) is 0. The Balaban J connectivity index is 1.97. The van der Waals surface area contributed by atoms with Gasteiger partial charge in [-0.05, 0) is 25.7 Å². The molecule has 92 valence electrons. The molecule has 4 heteroatoms. The average Bonchev–Trinajstić information content (AvgIpc) is 2.89. The van der Waals surface area contributed by atoms with E-state index in [1.165, 1.54) is 0 Å². The smallest absolute Gasteiger partial charge is 0.241 e. The van der Waals surface area contributed by atoms with Crippen molar-refractivity contribution in [1.29, 1.82) is 0 Å². The van der Waals surface area contributed by atoms with Crippen LogP contribution in [0.2, 0.25) is 0 Å². The van der Waals surface area contributed by atoms with Gasteiger partial charge in [-0.2, -0.15) is 0 Å². The summed E-state index contributed by atoms with van der Waals surface area (Å²) in [4.78, 5) is 14.1. The van der Waals surface area contributed by atoms with Crippen molar-refractivity contribution in [3.63, 3.8) is 0 Å². The first-order valence-electron chi connectivity index (χ1n) is 6.44. The number of nitrogens with zero attached hydrogens (tertiary/aromatic N) is 1. The predicted octanol–water partition coefficient (Wildman–Crippen LogP) is 1.11. The van der Waals surface area contributed by atoms with Crippen molar-refractivity contribution in [3.05, 3.63) is 0 Å². The number of nitrogens with one attached hydrogen (secondary N) is 1. The summed E-state index contributed by atoms with van der Waals surface area (Å²) in [6.45, 7) is 5.79. The van der Waals surface area contributed by atoms with Gasteiger partial charge in [-0.25, -0.2) is 0 Å². The van der Waals surface area contributed by atoms with Crippen molar-refractivity contribution in [2.45, 2.75) is 57.8 Å². The molecular weight excluding hydrogens is 204 g/mol. The normalized spacial score (nSPS) is 35.0. The lowest BCUT2D eigenvalue weighted by atomic mass is 10.2. The summed E-state index contributed by atoms with van der Waals surface area (Å²) < 4.78 is 5.60. The van der Waals surface area contributed by atoms with Gasteiger partial charge in [0.25, 0.3) is 0 Å². The fourth-order valence-corrected chi connectivity index (χ4v) is 2.60. The van der Waals surface area contributed by atoms with Gasteiger partial charge >= 0.3 is 0 Å². The standard InChI is InChI=1S/C12H22N2O2/c1-3-10-12(15)14(11(4-2)13-10)8-9-6-5-7-16-9/h9-11,13H,3-8H2,1-2H3. The summed E-state index contributed by atoms with van der Waals surface area (Å²) >= 11 is 0. The fraction of sp³-hybridized carbons (Fsp3) is 0.917. The zero-order valence-corrected chi connectivity index (χ0v) is 10.2. The molecule has 0 bridgehead atoms. The van der Waals surface area contributed by atoms with E-state index >= 15 is 0 Å². The number of hydrogen-bond donors (Lipinski definition) is 1. The lowest BCUT2D eigenvalue weighted by Crippen LogP contribution is -2.41. The van der Waals surface area contributed by atoms with E-state index in [2.05, 4.69) is 19.2 Å². The molecule has 0 aliphatic carbocycles. The van der Waals surface area contributed by atoms with Gasteiger partial charge in [0.15, 0.2) is 0 Å². The number of carbonyl (C=O) groups is 1. The molecule has 2 rings (SSSR count). The van der Waals surface area contributed by atoms with E-state index in [0.717, 1.165) is 38.8 Å². The maximum absolute atomic E-state index is 12.1. The van der Waals surface area contributed by atoms with Crippen LogP contribution in [-0.2, 0) is 9.53 Å². The Morgan fingerprint density at radius 1 is 1.44 bits per heavy atom. The maximum atomic E-state index is 12.1. The second kappa shape index (κ2) is 5.15. The van der Waals surface area contributed by atoms with Crippen LogP contribution in [-0.4, -0.2) is 42.3 Å². The average molecular weight is 226 g/mol. The molecule has 16 heavy (non-hydrogen) atoms. The fourth-order valence-electron chi connectivity index (χ4n) is 2.60. The highest BCUT2D eigenvalue weighted by atomic mass is 16.5.